The molecule has 0 aromatic rings. The standard InChI is InChI=1S/2C3H6.C2H6/c2*1-2-3-1;1-2/h2*1-3H2;1-2H3. The molecule has 50 valence electrons. The molecule has 0 N–H and O–H groups in total. The summed E-state index contributed by atoms with van der Waals surface area (Å²) >= 11 is 0. The molecule has 0 aliphatic heterocycles. The SMILES string of the molecule is C1CC1.C1CC1.CC. The van der Waals surface area contributed by atoms with Crippen LogP contribution in [0.25, 0.3) is 0 Å². The summed E-state index contributed by atoms with van der Waals surface area (Å²) in [4.78, 5) is 0. The summed E-state index contributed by atoms with van der Waals surface area (Å²) in [5, 5.41) is 0. The average Bonchev–Trinajstić information content (AvgIpc) is 2.67. The maximum absolute atomic E-state index is 2.00. The van der Waals surface area contributed by atoms with Gasteiger partial charge in [0, 0.05) is 0 Å². The molecule has 0 unspecified atom stereocenters. The van der Waals surface area contributed by atoms with Crippen molar-refractivity contribution in [1.29, 1.82) is 0 Å². The number of hydrogen-bond donors (Lipinski definition) is 0. The van der Waals surface area contributed by atoms with Crippen LogP contribution in [0.5, 0.6) is 0 Å². The van der Waals surface area contributed by atoms with E-state index in [9.17, 15) is 0 Å². The van der Waals surface area contributed by atoms with E-state index in [1.54, 1.807) is 0 Å². The van der Waals surface area contributed by atoms with Gasteiger partial charge in [-0.1, -0.05) is 52.4 Å². The van der Waals surface area contributed by atoms with E-state index in [1.807, 2.05) is 13.8 Å². The maximum atomic E-state index is 2.00. The van der Waals surface area contributed by atoms with Crippen LogP contribution in [0.15, 0.2) is 0 Å². The Morgan fingerprint density at radius 3 is 0.625 bits per heavy atom. The van der Waals surface area contributed by atoms with Gasteiger partial charge < -0.3 is 0 Å². The van der Waals surface area contributed by atoms with Crippen LogP contribution in [0.4, 0.5) is 0 Å². The Bertz CT molecular complexity index is 15.5. The van der Waals surface area contributed by atoms with Crippen LogP contribution in [0.1, 0.15) is 52.4 Å². The zero-order chi connectivity index (χ0) is 6.24. The Kier molecular flexibility index (Phi) is 7.00. The van der Waals surface area contributed by atoms with Crippen LogP contribution in [-0.4, -0.2) is 0 Å². The molecule has 2 rings (SSSR count). The first-order chi connectivity index (χ1) is 4.00. The Balaban J connectivity index is 0.0000000957. The Hall–Kier alpha value is 0. The van der Waals surface area contributed by atoms with Crippen LogP contribution in [0.2, 0.25) is 0 Å². The Morgan fingerprint density at radius 1 is 0.500 bits per heavy atom. The van der Waals surface area contributed by atoms with Gasteiger partial charge in [-0.3, -0.25) is 0 Å². The van der Waals surface area contributed by atoms with E-state index in [-0.39, 0.29) is 0 Å². The molecule has 2 aliphatic carbocycles. The van der Waals surface area contributed by atoms with Gasteiger partial charge >= 0.3 is 0 Å². The van der Waals surface area contributed by atoms with Crippen molar-refractivity contribution in [3.05, 3.63) is 0 Å². The van der Waals surface area contributed by atoms with Crippen LogP contribution >= 0.6 is 0 Å². The van der Waals surface area contributed by atoms with Gasteiger partial charge in [0.05, 0.1) is 0 Å². The first-order valence-corrected chi connectivity index (χ1v) is 4.00. The van der Waals surface area contributed by atoms with Gasteiger partial charge in [0.25, 0.3) is 0 Å². The fourth-order valence-electron chi connectivity index (χ4n) is 0. The summed E-state index contributed by atoms with van der Waals surface area (Å²) in [5.74, 6) is 0. The van der Waals surface area contributed by atoms with Gasteiger partial charge in [0.1, 0.15) is 0 Å². The highest BCUT2D eigenvalue weighted by Crippen LogP contribution is 2.15. The largest absolute Gasteiger partial charge is 0.0683 e. The lowest BCUT2D eigenvalue weighted by Crippen LogP contribution is -0.856. The normalized spacial score (nSPS) is 18.8. The van der Waals surface area contributed by atoms with Crippen molar-refractivity contribution in [3.63, 3.8) is 0 Å². The molecule has 0 nitrogen and oxygen atoms in total. The van der Waals surface area contributed by atoms with Crippen LogP contribution in [0.3, 0.4) is 0 Å². The molecule has 0 bridgehead atoms. The van der Waals surface area contributed by atoms with Crippen LogP contribution < -0.4 is 0 Å². The minimum Gasteiger partial charge on any atom is -0.0683 e. The Labute approximate surface area is 53.3 Å². The van der Waals surface area contributed by atoms with Crippen LogP contribution in [-0.2, 0) is 0 Å². The smallest absolute Gasteiger partial charge is 0.0533 e. The number of hydrogen-bond acceptors (Lipinski definition) is 0. The van der Waals surface area contributed by atoms with E-state index in [0.717, 1.165) is 0 Å². The van der Waals surface area contributed by atoms with Gasteiger partial charge in [-0.2, -0.15) is 0 Å². The summed E-state index contributed by atoms with van der Waals surface area (Å²) in [6.45, 7) is 4.00. The predicted molar refractivity (Wildman–Crippen MR) is 39.0 cm³/mol. The second-order valence-corrected chi connectivity index (χ2v) is 2.12. The monoisotopic (exact) mass is 114 g/mol. The quantitative estimate of drug-likeness (QED) is 0.453. The minimum atomic E-state index is 1.50. The molecule has 0 saturated heterocycles. The summed E-state index contributed by atoms with van der Waals surface area (Å²) in [7, 11) is 0. The molecule has 0 heterocycles. The third-order valence-corrected chi connectivity index (χ3v) is 0.707. The highest BCUT2D eigenvalue weighted by atomic mass is 14.0. The number of rotatable bonds is 0. The fraction of sp³-hybridized carbons (Fsp3) is 1.00. The van der Waals surface area contributed by atoms with Crippen molar-refractivity contribution in [2.45, 2.75) is 52.4 Å². The first-order valence-electron chi connectivity index (χ1n) is 4.00. The van der Waals surface area contributed by atoms with Crippen molar-refractivity contribution in [2.75, 3.05) is 0 Å². The second kappa shape index (κ2) is 7.00. The van der Waals surface area contributed by atoms with E-state index in [1.165, 1.54) is 38.5 Å². The highest BCUT2D eigenvalue weighted by molar-refractivity contribution is 4.51. The molecule has 0 spiro atoms. The van der Waals surface area contributed by atoms with Gasteiger partial charge in [-0.15, -0.1) is 0 Å². The summed E-state index contributed by atoms with van der Waals surface area (Å²) in [5.41, 5.74) is 0. The lowest BCUT2D eigenvalue weighted by Gasteiger charge is -1.07. The van der Waals surface area contributed by atoms with Crippen LogP contribution in [0, 0.1) is 0 Å². The molecule has 0 aromatic carbocycles. The van der Waals surface area contributed by atoms with E-state index >= 15 is 0 Å². The first kappa shape index (κ1) is 8.00. The molecular weight excluding hydrogens is 96.1 g/mol. The minimum absolute atomic E-state index is 1.50. The van der Waals surface area contributed by atoms with Crippen molar-refractivity contribution < 1.29 is 0 Å². The summed E-state index contributed by atoms with van der Waals surface area (Å²) in [6, 6.07) is 0. The third kappa shape index (κ3) is 37.5. The average molecular weight is 114 g/mol. The molecule has 0 heteroatoms. The maximum Gasteiger partial charge on any atom is -0.0533 e. The topological polar surface area (TPSA) is 0 Å². The van der Waals surface area contributed by atoms with Crippen molar-refractivity contribution in [2.24, 2.45) is 0 Å². The lowest BCUT2D eigenvalue weighted by molar-refractivity contribution is 1.50. The van der Waals surface area contributed by atoms with E-state index < -0.39 is 0 Å². The zero-order valence-corrected chi connectivity index (χ0v) is 6.24. The summed E-state index contributed by atoms with van der Waals surface area (Å²) in [6.07, 6.45) is 9.00. The molecule has 2 saturated carbocycles. The van der Waals surface area contributed by atoms with Crippen molar-refractivity contribution >= 4 is 0 Å². The van der Waals surface area contributed by atoms with Gasteiger partial charge in [0.15, 0.2) is 0 Å². The fourth-order valence-corrected chi connectivity index (χ4v) is 0. The summed E-state index contributed by atoms with van der Waals surface area (Å²) < 4.78 is 0. The highest BCUT2D eigenvalue weighted by Gasteiger charge is 1.95. The molecule has 2 fully saturated rings. The van der Waals surface area contributed by atoms with E-state index in [2.05, 4.69) is 0 Å². The van der Waals surface area contributed by atoms with E-state index in [0.29, 0.717) is 0 Å². The zero-order valence-electron chi connectivity index (χ0n) is 6.24. The van der Waals surface area contributed by atoms with Crippen molar-refractivity contribution in [1.82, 2.24) is 0 Å². The van der Waals surface area contributed by atoms with E-state index in [4.69, 9.17) is 0 Å². The van der Waals surface area contributed by atoms with Gasteiger partial charge in [0.2, 0.25) is 0 Å². The molecule has 0 radical (unpaired) electrons. The second-order valence-electron chi connectivity index (χ2n) is 2.12. The molecule has 8 heavy (non-hydrogen) atoms. The lowest BCUT2D eigenvalue weighted by atomic mass is 11.0. The molecule has 0 atom stereocenters. The molecule has 2 aliphatic rings. The third-order valence-electron chi connectivity index (χ3n) is 0.707. The molecule has 0 aromatic heterocycles. The predicted octanol–water partition coefficient (Wildman–Crippen LogP) is 3.37. The van der Waals surface area contributed by atoms with Gasteiger partial charge in [-0.25, -0.2) is 0 Å². The Morgan fingerprint density at radius 2 is 0.625 bits per heavy atom. The molecule has 0 amide bonds. The van der Waals surface area contributed by atoms with Gasteiger partial charge in [-0.05, 0) is 0 Å². The van der Waals surface area contributed by atoms with Crippen molar-refractivity contribution in [3.8, 4) is 0 Å². The molecular formula is C8H18.